The molecule has 0 saturated carbocycles. The zero-order chi connectivity index (χ0) is 17.1. The van der Waals surface area contributed by atoms with Crippen molar-refractivity contribution in [3.05, 3.63) is 42.0 Å². The Kier molecular flexibility index (Phi) is 4.76. The van der Waals surface area contributed by atoms with E-state index in [1.165, 1.54) is 0 Å². The Morgan fingerprint density at radius 2 is 2.00 bits per heavy atom. The summed E-state index contributed by atoms with van der Waals surface area (Å²) in [5.41, 5.74) is 0.202. The second-order valence-electron chi connectivity index (χ2n) is 6.99. The number of alkyl halides is 1. The summed E-state index contributed by atoms with van der Waals surface area (Å²) in [4.78, 5) is 6.46. The van der Waals surface area contributed by atoms with E-state index in [1.54, 1.807) is 12.3 Å². The molecule has 134 valence electrons. The third-order valence-electron chi connectivity index (χ3n) is 5.28. The van der Waals surface area contributed by atoms with E-state index in [9.17, 15) is 0 Å². The van der Waals surface area contributed by atoms with Crippen molar-refractivity contribution in [3.63, 3.8) is 0 Å². The van der Waals surface area contributed by atoms with Gasteiger partial charge >= 0.3 is 0 Å². The number of piperidine rings is 1. The molecule has 7 heteroatoms. The van der Waals surface area contributed by atoms with E-state index in [1.807, 2.05) is 23.0 Å². The highest BCUT2D eigenvalue weighted by Crippen LogP contribution is 2.36. The topological polar surface area (TPSA) is 56.1 Å². The summed E-state index contributed by atoms with van der Waals surface area (Å²) < 4.78 is 22.5. The van der Waals surface area contributed by atoms with Gasteiger partial charge < -0.3 is 4.74 Å². The lowest BCUT2D eigenvalue weighted by molar-refractivity contribution is 0.0485. The highest BCUT2D eigenvalue weighted by atomic mass is 19.1. The molecule has 0 aromatic carbocycles. The SMILES string of the molecule is FC1(c2ccccn2)CCN(Cc2cn(C3CCOCC3)nn2)CC1. The third-order valence-corrected chi connectivity index (χ3v) is 5.28. The largest absolute Gasteiger partial charge is 0.381 e. The molecule has 0 N–H and O–H groups in total. The van der Waals surface area contributed by atoms with Gasteiger partial charge in [-0.05, 0) is 37.8 Å². The van der Waals surface area contributed by atoms with Crippen LogP contribution in [-0.2, 0) is 17.0 Å². The highest BCUT2D eigenvalue weighted by Gasteiger charge is 2.37. The molecule has 2 aromatic rings. The van der Waals surface area contributed by atoms with E-state index in [0.717, 1.165) is 38.3 Å². The van der Waals surface area contributed by atoms with Crippen LogP contribution in [0.4, 0.5) is 4.39 Å². The van der Waals surface area contributed by atoms with Crippen molar-refractivity contribution in [1.82, 2.24) is 24.9 Å². The highest BCUT2D eigenvalue weighted by molar-refractivity contribution is 5.14. The molecule has 4 rings (SSSR count). The number of hydrogen-bond donors (Lipinski definition) is 0. The van der Waals surface area contributed by atoms with E-state index >= 15 is 4.39 Å². The first-order valence-corrected chi connectivity index (χ1v) is 9.04. The Morgan fingerprint density at radius 3 is 2.72 bits per heavy atom. The molecule has 0 spiro atoms. The van der Waals surface area contributed by atoms with Gasteiger partial charge in [-0.15, -0.1) is 5.10 Å². The molecule has 2 aromatic heterocycles. The molecule has 2 saturated heterocycles. The summed E-state index contributed by atoms with van der Waals surface area (Å²) in [5, 5.41) is 8.59. The summed E-state index contributed by atoms with van der Waals surface area (Å²) in [7, 11) is 0. The number of nitrogens with zero attached hydrogens (tertiary/aromatic N) is 5. The minimum atomic E-state index is -1.31. The Morgan fingerprint density at radius 1 is 1.20 bits per heavy atom. The molecule has 4 heterocycles. The van der Waals surface area contributed by atoms with E-state index in [4.69, 9.17) is 4.74 Å². The maximum absolute atomic E-state index is 15.1. The zero-order valence-electron chi connectivity index (χ0n) is 14.4. The van der Waals surface area contributed by atoms with Crippen LogP contribution in [-0.4, -0.2) is 51.2 Å². The molecule has 6 nitrogen and oxygen atoms in total. The number of ether oxygens (including phenoxy) is 1. The summed E-state index contributed by atoms with van der Waals surface area (Å²) in [6, 6.07) is 5.85. The Hall–Kier alpha value is -1.86. The van der Waals surface area contributed by atoms with Gasteiger partial charge in [0.15, 0.2) is 5.67 Å². The number of rotatable bonds is 4. The van der Waals surface area contributed by atoms with Crippen molar-refractivity contribution in [1.29, 1.82) is 0 Å². The minimum absolute atomic E-state index is 0.388. The smallest absolute Gasteiger partial charge is 0.155 e. The molecule has 0 amide bonds. The minimum Gasteiger partial charge on any atom is -0.381 e. The Bertz CT molecular complexity index is 678. The van der Waals surface area contributed by atoms with Crippen LogP contribution in [0.3, 0.4) is 0 Å². The molecule has 0 radical (unpaired) electrons. The first-order chi connectivity index (χ1) is 12.2. The van der Waals surface area contributed by atoms with Crippen LogP contribution in [0.1, 0.15) is 43.1 Å². The van der Waals surface area contributed by atoms with Gasteiger partial charge in [0.2, 0.25) is 0 Å². The lowest BCUT2D eigenvalue weighted by atomic mass is 9.89. The number of pyridine rings is 1. The monoisotopic (exact) mass is 345 g/mol. The normalized spacial score (nSPS) is 22.1. The van der Waals surface area contributed by atoms with Crippen molar-refractivity contribution in [2.45, 2.75) is 43.9 Å². The first kappa shape index (κ1) is 16.6. The first-order valence-electron chi connectivity index (χ1n) is 9.04. The van der Waals surface area contributed by atoms with E-state index in [-0.39, 0.29) is 0 Å². The molecule has 0 unspecified atom stereocenters. The summed E-state index contributed by atoms with van der Waals surface area (Å²) in [6.07, 6.45) is 6.61. The number of hydrogen-bond acceptors (Lipinski definition) is 5. The van der Waals surface area contributed by atoms with Crippen LogP contribution in [0.2, 0.25) is 0 Å². The van der Waals surface area contributed by atoms with Crippen LogP contribution < -0.4 is 0 Å². The molecular formula is C18H24FN5O. The summed E-state index contributed by atoms with van der Waals surface area (Å²) in [5.74, 6) is 0. The van der Waals surface area contributed by atoms with Gasteiger partial charge in [0.1, 0.15) is 0 Å². The molecule has 2 aliphatic rings. The fourth-order valence-electron chi connectivity index (χ4n) is 3.69. The maximum atomic E-state index is 15.1. The van der Waals surface area contributed by atoms with Gasteiger partial charge in [0.25, 0.3) is 0 Å². The standard InChI is InChI=1S/C18H24FN5O/c19-18(17-3-1-2-8-20-17)6-9-23(10-7-18)13-15-14-24(22-21-15)16-4-11-25-12-5-16/h1-3,8,14,16H,4-7,9-13H2. The molecular weight excluding hydrogens is 321 g/mol. The van der Waals surface area contributed by atoms with Crippen LogP contribution in [0.15, 0.2) is 30.6 Å². The predicted octanol–water partition coefficient (Wildman–Crippen LogP) is 2.49. The van der Waals surface area contributed by atoms with E-state index in [0.29, 0.717) is 37.7 Å². The van der Waals surface area contributed by atoms with Crippen molar-refractivity contribution in [2.24, 2.45) is 0 Å². The molecule has 2 fully saturated rings. The summed E-state index contributed by atoms with van der Waals surface area (Å²) >= 11 is 0. The average molecular weight is 345 g/mol. The Balaban J connectivity index is 1.34. The van der Waals surface area contributed by atoms with Crippen LogP contribution >= 0.6 is 0 Å². The van der Waals surface area contributed by atoms with Gasteiger partial charge in [-0.25, -0.2) is 9.07 Å². The molecule has 0 bridgehead atoms. The van der Waals surface area contributed by atoms with Crippen LogP contribution in [0.25, 0.3) is 0 Å². The molecule has 0 aliphatic carbocycles. The van der Waals surface area contributed by atoms with E-state index < -0.39 is 5.67 Å². The summed E-state index contributed by atoms with van der Waals surface area (Å²) in [6.45, 7) is 3.71. The lowest BCUT2D eigenvalue weighted by Gasteiger charge is -2.35. The third kappa shape index (κ3) is 3.72. The zero-order valence-corrected chi connectivity index (χ0v) is 14.4. The van der Waals surface area contributed by atoms with Crippen LogP contribution in [0.5, 0.6) is 0 Å². The van der Waals surface area contributed by atoms with E-state index in [2.05, 4.69) is 20.2 Å². The van der Waals surface area contributed by atoms with Gasteiger partial charge in [0, 0.05) is 39.0 Å². The Labute approximate surface area is 147 Å². The quantitative estimate of drug-likeness (QED) is 0.852. The number of halogens is 1. The molecule has 25 heavy (non-hydrogen) atoms. The van der Waals surface area contributed by atoms with Crippen molar-refractivity contribution >= 4 is 0 Å². The van der Waals surface area contributed by atoms with Gasteiger partial charge in [-0.2, -0.15) is 0 Å². The van der Waals surface area contributed by atoms with Crippen molar-refractivity contribution < 1.29 is 9.13 Å². The fraction of sp³-hybridized carbons (Fsp3) is 0.611. The second kappa shape index (κ2) is 7.17. The average Bonchev–Trinajstić information content (AvgIpc) is 3.14. The van der Waals surface area contributed by atoms with Gasteiger partial charge in [-0.3, -0.25) is 9.88 Å². The number of aromatic nitrogens is 4. The number of likely N-dealkylation sites (tertiary alicyclic amines) is 1. The lowest BCUT2D eigenvalue weighted by Crippen LogP contribution is -2.40. The van der Waals surface area contributed by atoms with Crippen LogP contribution in [0, 0.1) is 0 Å². The van der Waals surface area contributed by atoms with Crippen molar-refractivity contribution in [2.75, 3.05) is 26.3 Å². The van der Waals surface area contributed by atoms with Gasteiger partial charge in [-0.1, -0.05) is 11.3 Å². The van der Waals surface area contributed by atoms with Crippen molar-refractivity contribution in [3.8, 4) is 0 Å². The van der Waals surface area contributed by atoms with Gasteiger partial charge in [0.05, 0.1) is 23.6 Å². The molecule has 0 atom stereocenters. The second-order valence-corrected chi connectivity index (χ2v) is 6.99. The fourth-order valence-corrected chi connectivity index (χ4v) is 3.69. The molecule has 2 aliphatic heterocycles. The predicted molar refractivity (Wildman–Crippen MR) is 90.6 cm³/mol. The maximum Gasteiger partial charge on any atom is 0.155 e.